The van der Waals surface area contributed by atoms with Crippen LogP contribution in [0.3, 0.4) is 0 Å². The van der Waals surface area contributed by atoms with Crippen molar-refractivity contribution in [3.8, 4) is 0 Å². The molecule has 0 saturated carbocycles. The van der Waals surface area contributed by atoms with Crippen molar-refractivity contribution >= 4 is 28.9 Å². The second-order valence-corrected chi connectivity index (χ2v) is 3.65. The zero-order valence-corrected chi connectivity index (χ0v) is 9.86. The Morgan fingerprint density at radius 2 is 2.24 bits per heavy atom. The Labute approximate surface area is 102 Å². The Balaban J connectivity index is 3.12. The summed E-state index contributed by atoms with van der Waals surface area (Å²) >= 11 is 5.83. The third kappa shape index (κ3) is 3.32. The number of ether oxygens (including phenoxy) is 1. The van der Waals surface area contributed by atoms with Crippen LogP contribution in [0.4, 0.5) is 11.4 Å². The number of carbonyl (C=O) groups is 1. The van der Waals surface area contributed by atoms with Gasteiger partial charge in [-0.25, -0.2) is 0 Å². The van der Waals surface area contributed by atoms with Gasteiger partial charge in [-0.3, -0.25) is 14.9 Å². The minimum atomic E-state index is -0.628. The van der Waals surface area contributed by atoms with E-state index in [-0.39, 0.29) is 35.0 Å². The number of carbonyl (C=O) groups excluding carboxylic acids is 1. The summed E-state index contributed by atoms with van der Waals surface area (Å²) in [6.07, 6.45) is -0.247. The van der Waals surface area contributed by atoms with Gasteiger partial charge in [0.1, 0.15) is 0 Å². The SMILES string of the molecule is CCOC(=O)Cc1c(Cl)cc(N)cc1[N+](=O)[O-]. The van der Waals surface area contributed by atoms with Gasteiger partial charge in [0.25, 0.3) is 5.69 Å². The maximum absolute atomic E-state index is 11.3. The maximum Gasteiger partial charge on any atom is 0.310 e. The van der Waals surface area contributed by atoms with E-state index in [9.17, 15) is 14.9 Å². The van der Waals surface area contributed by atoms with Gasteiger partial charge in [0.2, 0.25) is 0 Å². The van der Waals surface area contributed by atoms with E-state index < -0.39 is 10.9 Å². The number of halogens is 1. The molecule has 1 rings (SSSR count). The van der Waals surface area contributed by atoms with Crippen LogP contribution in [0.1, 0.15) is 12.5 Å². The van der Waals surface area contributed by atoms with Crippen molar-refractivity contribution in [2.75, 3.05) is 12.3 Å². The number of hydrogen-bond donors (Lipinski definition) is 1. The van der Waals surface area contributed by atoms with E-state index in [4.69, 9.17) is 22.1 Å². The molecular weight excluding hydrogens is 248 g/mol. The zero-order valence-electron chi connectivity index (χ0n) is 9.10. The molecule has 1 aromatic carbocycles. The highest BCUT2D eigenvalue weighted by Gasteiger charge is 2.21. The molecule has 6 nitrogen and oxygen atoms in total. The standard InChI is InChI=1S/C10H11ClN2O4/c1-2-17-10(14)5-7-8(11)3-6(12)4-9(7)13(15)16/h3-4H,2,5,12H2,1H3. The van der Waals surface area contributed by atoms with Crippen molar-refractivity contribution in [1.29, 1.82) is 0 Å². The largest absolute Gasteiger partial charge is 0.466 e. The number of nitrogens with zero attached hydrogens (tertiary/aromatic N) is 1. The van der Waals surface area contributed by atoms with Crippen molar-refractivity contribution in [1.82, 2.24) is 0 Å². The van der Waals surface area contributed by atoms with Gasteiger partial charge in [0.15, 0.2) is 0 Å². The Morgan fingerprint density at radius 3 is 2.76 bits per heavy atom. The van der Waals surface area contributed by atoms with Gasteiger partial charge in [-0.15, -0.1) is 0 Å². The third-order valence-electron chi connectivity index (χ3n) is 2.02. The van der Waals surface area contributed by atoms with Crippen LogP contribution in [0.15, 0.2) is 12.1 Å². The molecule has 0 aliphatic rings. The topological polar surface area (TPSA) is 95.5 Å². The zero-order chi connectivity index (χ0) is 13.0. The number of benzene rings is 1. The Kier molecular flexibility index (Phi) is 4.28. The molecule has 17 heavy (non-hydrogen) atoms. The summed E-state index contributed by atoms with van der Waals surface area (Å²) in [6, 6.07) is 2.53. The number of hydrogen-bond acceptors (Lipinski definition) is 5. The van der Waals surface area contributed by atoms with Gasteiger partial charge in [-0.1, -0.05) is 11.6 Å². The maximum atomic E-state index is 11.3. The predicted octanol–water partition coefficient (Wildman–Crippen LogP) is 1.94. The van der Waals surface area contributed by atoms with Crippen LogP contribution < -0.4 is 5.73 Å². The normalized spacial score (nSPS) is 10.0. The first-order valence-electron chi connectivity index (χ1n) is 4.83. The van der Waals surface area contributed by atoms with Crippen LogP contribution in [0.5, 0.6) is 0 Å². The van der Waals surface area contributed by atoms with Crippen LogP contribution in [0.25, 0.3) is 0 Å². The molecule has 2 N–H and O–H groups in total. The van der Waals surface area contributed by atoms with Crippen LogP contribution >= 0.6 is 11.6 Å². The summed E-state index contributed by atoms with van der Waals surface area (Å²) in [5.41, 5.74) is 5.47. The van der Waals surface area contributed by atoms with Gasteiger partial charge in [-0.2, -0.15) is 0 Å². The molecule has 92 valence electrons. The fraction of sp³-hybridized carbons (Fsp3) is 0.300. The number of esters is 1. The van der Waals surface area contributed by atoms with E-state index in [0.29, 0.717) is 0 Å². The fourth-order valence-corrected chi connectivity index (χ4v) is 1.63. The smallest absolute Gasteiger partial charge is 0.310 e. The molecule has 7 heteroatoms. The fourth-order valence-electron chi connectivity index (χ4n) is 1.34. The van der Waals surface area contributed by atoms with Crippen molar-refractivity contribution in [3.05, 3.63) is 32.8 Å². The number of anilines is 1. The summed E-state index contributed by atoms with van der Waals surface area (Å²) in [5.74, 6) is -0.567. The molecule has 0 aromatic heterocycles. The molecule has 0 saturated heterocycles. The van der Waals surface area contributed by atoms with E-state index in [2.05, 4.69) is 0 Å². The molecule has 0 atom stereocenters. The number of nitro benzene ring substituents is 1. The summed E-state index contributed by atoms with van der Waals surface area (Å²) in [4.78, 5) is 21.5. The number of rotatable bonds is 4. The van der Waals surface area contributed by atoms with Crippen LogP contribution in [0, 0.1) is 10.1 Å². The molecule has 0 heterocycles. The summed E-state index contributed by atoms with van der Waals surface area (Å²) in [5, 5.41) is 10.9. The molecule has 0 aliphatic heterocycles. The molecule has 0 radical (unpaired) electrons. The molecule has 0 bridgehead atoms. The first kappa shape index (κ1) is 13.2. The quantitative estimate of drug-likeness (QED) is 0.385. The Morgan fingerprint density at radius 1 is 1.59 bits per heavy atom. The minimum absolute atomic E-state index is 0.0877. The van der Waals surface area contributed by atoms with E-state index in [1.165, 1.54) is 12.1 Å². The average molecular weight is 259 g/mol. The van der Waals surface area contributed by atoms with Crippen LogP contribution in [-0.2, 0) is 16.0 Å². The first-order chi connectivity index (χ1) is 7.95. The summed E-state index contributed by atoms with van der Waals surface area (Å²) in [7, 11) is 0. The van der Waals surface area contributed by atoms with E-state index >= 15 is 0 Å². The number of nitrogens with two attached hydrogens (primary N) is 1. The lowest BCUT2D eigenvalue weighted by molar-refractivity contribution is -0.385. The Hall–Kier alpha value is -1.82. The van der Waals surface area contributed by atoms with Crippen molar-refractivity contribution in [2.24, 2.45) is 0 Å². The average Bonchev–Trinajstić information content (AvgIpc) is 2.21. The molecule has 0 unspecified atom stereocenters. The predicted molar refractivity (Wildman–Crippen MR) is 62.9 cm³/mol. The van der Waals surface area contributed by atoms with E-state index in [1.807, 2.05) is 0 Å². The van der Waals surface area contributed by atoms with Gasteiger partial charge < -0.3 is 10.5 Å². The van der Waals surface area contributed by atoms with Crippen LogP contribution in [-0.4, -0.2) is 17.5 Å². The second kappa shape index (κ2) is 5.49. The van der Waals surface area contributed by atoms with Crippen molar-refractivity contribution in [3.63, 3.8) is 0 Å². The molecule has 0 fully saturated rings. The van der Waals surface area contributed by atoms with Crippen molar-refractivity contribution < 1.29 is 14.5 Å². The second-order valence-electron chi connectivity index (χ2n) is 3.24. The molecule has 0 aliphatic carbocycles. The molecular formula is C10H11ClN2O4. The van der Waals surface area contributed by atoms with E-state index in [1.54, 1.807) is 6.92 Å². The summed E-state index contributed by atoms with van der Waals surface area (Å²) < 4.78 is 4.71. The van der Waals surface area contributed by atoms with Gasteiger partial charge in [-0.05, 0) is 13.0 Å². The Bertz CT molecular complexity index is 462. The molecule has 1 aromatic rings. The first-order valence-corrected chi connectivity index (χ1v) is 5.21. The van der Waals surface area contributed by atoms with Gasteiger partial charge in [0, 0.05) is 11.8 Å². The minimum Gasteiger partial charge on any atom is -0.466 e. The molecule has 0 spiro atoms. The highest BCUT2D eigenvalue weighted by atomic mass is 35.5. The van der Waals surface area contributed by atoms with Crippen LogP contribution in [0.2, 0.25) is 5.02 Å². The monoisotopic (exact) mass is 258 g/mol. The van der Waals surface area contributed by atoms with Gasteiger partial charge >= 0.3 is 5.97 Å². The number of nitro groups is 1. The third-order valence-corrected chi connectivity index (χ3v) is 2.35. The lowest BCUT2D eigenvalue weighted by atomic mass is 10.1. The highest BCUT2D eigenvalue weighted by molar-refractivity contribution is 6.32. The summed E-state index contributed by atoms with van der Waals surface area (Å²) in [6.45, 7) is 1.86. The highest BCUT2D eigenvalue weighted by Crippen LogP contribution is 2.30. The van der Waals surface area contributed by atoms with E-state index in [0.717, 1.165) is 0 Å². The van der Waals surface area contributed by atoms with Crippen molar-refractivity contribution in [2.45, 2.75) is 13.3 Å². The lowest BCUT2D eigenvalue weighted by Gasteiger charge is -2.06. The number of nitrogen functional groups attached to an aromatic ring is 1. The molecule has 0 amide bonds. The lowest BCUT2D eigenvalue weighted by Crippen LogP contribution is -2.10. The van der Waals surface area contributed by atoms with Gasteiger partial charge in [0.05, 0.1) is 28.5 Å².